The molecule has 3 rings (SSSR count). The number of carbonyl (C=O) groups is 1. The minimum atomic E-state index is -0.205. The number of rotatable bonds is 7. The number of piperidine rings is 1. The van der Waals surface area contributed by atoms with E-state index in [0.29, 0.717) is 31.7 Å². The van der Waals surface area contributed by atoms with Gasteiger partial charge < -0.3 is 29.9 Å². The number of likely N-dealkylation sites (tertiary alicyclic amines) is 1. The van der Waals surface area contributed by atoms with E-state index >= 15 is 0 Å². The van der Waals surface area contributed by atoms with Crippen molar-refractivity contribution in [2.75, 3.05) is 57.9 Å². The molecule has 2 fully saturated rings. The number of nitrogens with zero attached hydrogens (tertiary/aromatic N) is 3. The Bertz CT molecular complexity index is 734. The first-order valence-corrected chi connectivity index (χ1v) is 11.5. The topological polar surface area (TPSA) is 78.4 Å². The van der Waals surface area contributed by atoms with E-state index in [1.807, 2.05) is 19.1 Å². The number of nitrogens with one attached hydrogen (secondary N) is 2. The van der Waals surface area contributed by atoms with E-state index in [0.717, 1.165) is 57.2 Å². The number of hydrogen-bond acceptors (Lipinski definition) is 5. The maximum Gasteiger partial charge on any atom is 0.409 e. The summed E-state index contributed by atoms with van der Waals surface area (Å²) >= 11 is 0. The molecule has 1 aromatic carbocycles. The van der Waals surface area contributed by atoms with Crippen LogP contribution in [0, 0.1) is 5.92 Å². The number of guanidine groups is 1. The van der Waals surface area contributed by atoms with Crippen LogP contribution in [0.15, 0.2) is 29.3 Å². The molecular formula is C23H37N5O3. The summed E-state index contributed by atoms with van der Waals surface area (Å²) in [4.78, 5) is 21.0. The number of anilines is 1. The number of aliphatic imine (C=N–C) groups is 1. The minimum absolute atomic E-state index is 0.205. The number of hydrogen-bond donors (Lipinski definition) is 2. The van der Waals surface area contributed by atoms with Crippen LogP contribution in [-0.2, 0) is 4.74 Å². The fourth-order valence-electron chi connectivity index (χ4n) is 4.18. The van der Waals surface area contributed by atoms with Gasteiger partial charge in [0.15, 0.2) is 5.96 Å². The molecule has 2 heterocycles. The Labute approximate surface area is 186 Å². The number of methoxy groups -OCH3 is 1. The number of carbonyl (C=O) groups excluding carboxylic acids is 1. The van der Waals surface area contributed by atoms with Crippen molar-refractivity contribution in [3.8, 4) is 5.75 Å². The second-order valence-electron chi connectivity index (χ2n) is 8.13. The molecule has 2 aliphatic rings. The SMILES string of the molecule is CCNC(=NCC1CCN(c2cccc(OC)c2)C1)NC1CCN(C(=O)OCC)CC1. The summed E-state index contributed by atoms with van der Waals surface area (Å²) < 4.78 is 10.5. The Kier molecular flexibility index (Phi) is 8.67. The second-order valence-corrected chi connectivity index (χ2v) is 8.13. The Morgan fingerprint density at radius 2 is 2.00 bits per heavy atom. The molecule has 8 heteroatoms. The van der Waals surface area contributed by atoms with E-state index in [1.165, 1.54) is 5.69 Å². The summed E-state index contributed by atoms with van der Waals surface area (Å²) in [5.74, 6) is 2.30. The maximum absolute atomic E-state index is 11.9. The van der Waals surface area contributed by atoms with Gasteiger partial charge in [0.05, 0.1) is 13.7 Å². The zero-order valence-corrected chi connectivity index (χ0v) is 19.1. The van der Waals surface area contributed by atoms with E-state index in [2.05, 4.69) is 34.6 Å². The van der Waals surface area contributed by atoms with Gasteiger partial charge in [-0.05, 0) is 51.2 Å². The summed E-state index contributed by atoms with van der Waals surface area (Å²) in [6.45, 7) is 9.46. The van der Waals surface area contributed by atoms with Gasteiger partial charge >= 0.3 is 6.09 Å². The van der Waals surface area contributed by atoms with Crippen molar-refractivity contribution in [1.29, 1.82) is 0 Å². The zero-order chi connectivity index (χ0) is 22.1. The van der Waals surface area contributed by atoms with Crippen molar-refractivity contribution >= 4 is 17.7 Å². The molecule has 0 radical (unpaired) electrons. The molecule has 8 nitrogen and oxygen atoms in total. The van der Waals surface area contributed by atoms with Crippen LogP contribution in [0.25, 0.3) is 0 Å². The van der Waals surface area contributed by atoms with Crippen molar-refractivity contribution in [2.24, 2.45) is 10.9 Å². The van der Waals surface area contributed by atoms with Crippen LogP contribution in [0.3, 0.4) is 0 Å². The summed E-state index contributed by atoms with van der Waals surface area (Å²) in [7, 11) is 1.70. The van der Waals surface area contributed by atoms with Crippen LogP contribution in [0.4, 0.5) is 10.5 Å². The highest BCUT2D eigenvalue weighted by molar-refractivity contribution is 5.80. The standard InChI is InChI=1S/C23H37N5O3/c1-4-24-22(26-19-10-13-27(14-11-19)23(29)31-5-2)25-16-18-9-12-28(17-18)20-7-6-8-21(15-20)30-3/h6-8,15,18-19H,4-5,9-14,16-17H2,1-3H3,(H2,24,25,26). The smallest absolute Gasteiger partial charge is 0.409 e. The number of ether oxygens (including phenoxy) is 2. The first kappa shape index (κ1) is 23.0. The van der Waals surface area contributed by atoms with Gasteiger partial charge in [-0.25, -0.2) is 4.79 Å². The molecule has 0 aromatic heterocycles. The third-order valence-electron chi connectivity index (χ3n) is 5.92. The van der Waals surface area contributed by atoms with Gasteiger partial charge in [-0.15, -0.1) is 0 Å². The minimum Gasteiger partial charge on any atom is -0.497 e. The molecule has 1 amide bonds. The summed E-state index contributed by atoms with van der Waals surface area (Å²) in [5.41, 5.74) is 1.21. The van der Waals surface area contributed by atoms with E-state index in [4.69, 9.17) is 14.5 Å². The van der Waals surface area contributed by atoms with Crippen LogP contribution < -0.4 is 20.3 Å². The molecule has 31 heavy (non-hydrogen) atoms. The van der Waals surface area contributed by atoms with Crippen LogP contribution in [0.2, 0.25) is 0 Å². The number of amides is 1. The molecule has 1 unspecified atom stereocenters. The fraction of sp³-hybridized carbons (Fsp3) is 0.652. The highest BCUT2D eigenvalue weighted by Crippen LogP contribution is 2.27. The lowest BCUT2D eigenvalue weighted by Crippen LogP contribution is -2.50. The van der Waals surface area contributed by atoms with E-state index < -0.39 is 0 Å². The van der Waals surface area contributed by atoms with Crippen molar-refractivity contribution in [2.45, 2.75) is 39.2 Å². The molecule has 0 spiro atoms. The maximum atomic E-state index is 11.9. The normalized spacial score (nSPS) is 20.0. The molecule has 1 aromatic rings. The zero-order valence-electron chi connectivity index (χ0n) is 19.1. The van der Waals surface area contributed by atoms with Crippen molar-refractivity contribution in [3.05, 3.63) is 24.3 Å². The highest BCUT2D eigenvalue weighted by atomic mass is 16.6. The van der Waals surface area contributed by atoms with E-state index in [-0.39, 0.29) is 6.09 Å². The van der Waals surface area contributed by atoms with Gasteiger partial charge in [0.25, 0.3) is 0 Å². The molecule has 2 N–H and O–H groups in total. The molecular weight excluding hydrogens is 394 g/mol. The van der Waals surface area contributed by atoms with Gasteiger partial charge in [-0.2, -0.15) is 0 Å². The third-order valence-corrected chi connectivity index (χ3v) is 5.92. The Morgan fingerprint density at radius 3 is 2.71 bits per heavy atom. The van der Waals surface area contributed by atoms with E-state index in [1.54, 1.807) is 12.0 Å². The Balaban J connectivity index is 1.48. The summed E-state index contributed by atoms with van der Waals surface area (Å²) in [6, 6.07) is 8.58. The summed E-state index contributed by atoms with van der Waals surface area (Å²) in [6.07, 6.45) is 2.73. The second kappa shape index (κ2) is 11.7. The predicted octanol–water partition coefficient (Wildman–Crippen LogP) is 2.70. The molecule has 172 valence electrons. The molecule has 2 aliphatic heterocycles. The average Bonchev–Trinajstić information content (AvgIpc) is 3.27. The first-order chi connectivity index (χ1) is 15.1. The molecule has 0 aliphatic carbocycles. The Morgan fingerprint density at radius 1 is 1.19 bits per heavy atom. The van der Waals surface area contributed by atoms with Gasteiger partial charge in [-0.3, -0.25) is 4.99 Å². The fourth-order valence-corrected chi connectivity index (χ4v) is 4.18. The largest absolute Gasteiger partial charge is 0.497 e. The van der Waals surface area contributed by atoms with Crippen molar-refractivity contribution < 1.29 is 14.3 Å². The lowest BCUT2D eigenvalue weighted by molar-refractivity contribution is 0.0963. The van der Waals surface area contributed by atoms with E-state index in [9.17, 15) is 4.79 Å². The van der Waals surface area contributed by atoms with Gasteiger partial charge in [0.2, 0.25) is 0 Å². The molecule has 0 bridgehead atoms. The third kappa shape index (κ3) is 6.67. The van der Waals surface area contributed by atoms with Gasteiger partial charge in [-0.1, -0.05) is 6.07 Å². The lowest BCUT2D eigenvalue weighted by atomic mass is 10.1. The number of benzene rings is 1. The van der Waals surface area contributed by atoms with Gasteiger partial charge in [0, 0.05) is 57.1 Å². The first-order valence-electron chi connectivity index (χ1n) is 11.5. The van der Waals surface area contributed by atoms with Crippen LogP contribution in [-0.4, -0.2) is 76.0 Å². The highest BCUT2D eigenvalue weighted by Gasteiger charge is 2.25. The predicted molar refractivity (Wildman–Crippen MR) is 124 cm³/mol. The van der Waals surface area contributed by atoms with Crippen LogP contribution >= 0.6 is 0 Å². The monoisotopic (exact) mass is 431 g/mol. The average molecular weight is 432 g/mol. The summed E-state index contributed by atoms with van der Waals surface area (Å²) in [5, 5.41) is 6.93. The molecule has 0 saturated carbocycles. The van der Waals surface area contributed by atoms with Crippen LogP contribution in [0.1, 0.15) is 33.1 Å². The van der Waals surface area contributed by atoms with Crippen LogP contribution in [0.5, 0.6) is 5.75 Å². The lowest BCUT2D eigenvalue weighted by Gasteiger charge is -2.32. The van der Waals surface area contributed by atoms with Gasteiger partial charge in [0.1, 0.15) is 5.75 Å². The quantitative estimate of drug-likeness (QED) is 0.511. The van der Waals surface area contributed by atoms with Crippen molar-refractivity contribution in [1.82, 2.24) is 15.5 Å². The van der Waals surface area contributed by atoms with Crippen molar-refractivity contribution in [3.63, 3.8) is 0 Å². The molecule has 1 atom stereocenters. The Hall–Kier alpha value is -2.64. The molecule has 2 saturated heterocycles.